The third-order valence-corrected chi connectivity index (χ3v) is 1.56. The fourth-order valence-corrected chi connectivity index (χ4v) is 1.01. The molecule has 0 amide bonds. The minimum absolute atomic E-state index is 0.995. The summed E-state index contributed by atoms with van der Waals surface area (Å²) in [6.07, 6.45) is -1.84. The predicted octanol–water partition coefficient (Wildman–Crippen LogP) is -2.06. The van der Waals surface area contributed by atoms with Crippen molar-refractivity contribution in [3.05, 3.63) is 0 Å². The van der Waals surface area contributed by atoms with Gasteiger partial charge in [-0.05, 0) is 9.13 Å². The van der Waals surface area contributed by atoms with Crippen LogP contribution in [-0.4, -0.2) is 23.8 Å². The van der Waals surface area contributed by atoms with Crippen molar-refractivity contribution in [2.75, 3.05) is 6.61 Å². The van der Waals surface area contributed by atoms with E-state index in [1.54, 1.807) is 0 Å². The van der Waals surface area contributed by atoms with Crippen LogP contribution in [0.1, 0.15) is 0 Å². The largest absolute Gasteiger partial charge is 0.566 e. The van der Waals surface area contributed by atoms with Gasteiger partial charge in [-0.25, -0.2) is 9.32 Å². The van der Waals surface area contributed by atoms with Crippen LogP contribution in [0.15, 0.2) is 0 Å². The Bertz CT molecular complexity index is 225. The fraction of sp³-hybridized carbons (Fsp3) is 0.667. The summed E-state index contributed by atoms with van der Waals surface area (Å²) in [7, 11) is -6.80. The Balaban J connectivity index is 4.15. The molecule has 0 aromatic rings. The zero-order valence-corrected chi connectivity index (χ0v) is 7.77. The first kappa shape index (κ1) is 12.5. The molecule has 0 fully saturated rings. The molecule has 0 aromatic carbocycles. The summed E-state index contributed by atoms with van der Waals surface area (Å²) in [5, 5.41) is 8.37. The molecule has 0 aliphatic rings. The highest BCUT2D eigenvalue weighted by Gasteiger charge is 2.31. The highest BCUT2D eigenvalue weighted by atomic mass is 31.1. The molecule has 3 atom stereocenters. The van der Waals surface area contributed by atoms with E-state index in [9.17, 15) is 23.7 Å². The van der Waals surface area contributed by atoms with Gasteiger partial charge in [-0.15, -0.1) is 4.52 Å². The third kappa shape index (κ3) is 5.70. The molecule has 0 aliphatic carbocycles. The van der Waals surface area contributed by atoms with Crippen LogP contribution in [0.4, 0.5) is 0 Å². The van der Waals surface area contributed by atoms with Crippen molar-refractivity contribution in [2.24, 2.45) is 0 Å². The summed E-state index contributed by atoms with van der Waals surface area (Å²) in [6, 6.07) is 0. The molecule has 0 saturated carbocycles. The minimum atomic E-state index is -3.44. The van der Waals surface area contributed by atoms with Gasteiger partial charge in [0, 0.05) is 0 Å². The van der Waals surface area contributed by atoms with E-state index in [0.717, 1.165) is 0 Å². The first-order chi connectivity index (χ1) is 5.97. The van der Waals surface area contributed by atoms with Gasteiger partial charge in [0.1, 0.15) is 0 Å². The average molecular weight is 230 g/mol. The summed E-state index contributed by atoms with van der Waals surface area (Å²) in [5.74, 6) is -1.49. The van der Waals surface area contributed by atoms with Crippen molar-refractivity contribution in [3.8, 4) is 0 Å². The number of carbonyl (C=O) groups is 1. The Morgan fingerprint density at radius 1 is 1.38 bits per heavy atom. The van der Waals surface area contributed by atoms with Gasteiger partial charge in [-0.1, -0.05) is 0 Å². The van der Waals surface area contributed by atoms with Crippen molar-refractivity contribution < 1.29 is 37.9 Å². The number of hydrogen-bond acceptors (Lipinski definition) is 8. The lowest BCUT2D eigenvalue weighted by atomic mass is 10.4. The van der Waals surface area contributed by atoms with E-state index in [1.807, 2.05) is 0 Å². The Kier molecular flexibility index (Phi) is 5.81. The predicted molar refractivity (Wildman–Crippen MR) is 33.3 cm³/mol. The number of hydrogen-bond donors (Lipinski definition) is 1. The van der Waals surface area contributed by atoms with Crippen LogP contribution >= 0.6 is 16.5 Å². The van der Waals surface area contributed by atoms with E-state index < -0.39 is 35.2 Å². The zero-order chi connectivity index (χ0) is 10.4. The quantitative estimate of drug-likeness (QED) is 0.532. The first-order valence-electron chi connectivity index (χ1n) is 2.75. The number of aliphatic hydroxyl groups excluding tert-OH is 1. The lowest BCUT2D eigenvalue weighted by Gasteiger charge is -2.01. The number of carbonyl (C=O) groups excluding carboxylic acids is 1. The lowest BCUT2D eigenvalue weighted by Crippen LogP contribution is -2.28. The first-order valence-corrected chi connectivity index (χ1v) is 4.94. The van der Waals surface area contributed by atoms with Crippen LogP contribution in [0, 0.1) is 0 Å². The van der Waals surface area contributed by atoms with Gasteiger partial charge < -0.3 is 14.9 Å². The molecule has 10 heteroatoms. The molecule has 74 valence electrons. The molecule has 0 rings (SSSR count). The van der Waals surface area contributed by atoms with Crippen molar-refractivity contribution in [1.29, 1.82) is 0 Å². The third-order valence-electron chi connectivity index (χ3n) is 0.807. The summed E-state index contributed by atoms with van der Waals surface area (Å²) >= 11 is 0. The second-order valence-corrected chi connectivity index (χ2v) is 2.92. The van der Waals surface area contributed by atoms with Crippen molar-refractivity contribution in [2.45, 2.75) is 6.10 Å². The molecule has 1 N–H and O–H groups in total. The molecule has 0 saturated heterocycles. The van der Waals surface area contributed by atoms with Crippen LogP contribution in [0.5, 0.6) is 0 Å². The molecule has 8 nitrogen and oxygen atoms in total. The van der Waals surface area contributed by atoms with E-state index in [2.05, 4.69) is 9.05 Å². The van der Waals surface area contributed by atoms with Crippen LogP contribution in [0.3, 0.4) is 0 Å². The molecular weight excluding hydrogens is 226 g/mol. The number of rotatable bonds is 5. The van der Waals surface area contributed by atoms with Crippen LogP contribution in [0.2, 0.25) is 0 Å². The molecule has 3 unspecified atom stereocenters. The Morgan fingerprint density at radius 2 is 1.92 bits per heavy atom. The van der Waals surface area contributed by atoms with Gasteiger partial charge in [0.15, 0.2) is 0 Å². The lowest BCUT2D eigenvalue weighted by molar-refractivity contribution is -0.200. The van der Waals surface area contributed by atoms with Crippen molar-refractivity contribution in [1.82, 2.24) is 0 Å². The average Bonchev–Trinajstić information content (AvgIpc) is 1.98. The maximum Gasteiger partial charge on any atom is 0.542 e. The van der Waals surface area contributed by atoms with Crippen molar-refractivity contribution in [3.63, 3.8) is 0 Å². The van der Waals surface area contributed by atoms with Gasteiger partial charge in [0.05, 0.1) is 6.61 Å². The molecule has 0 bridgehead atoms. The molecule has 0 spiro atoms. The normalized spacial score (nSPS) is 14.7. The summed E-state index contributed by atoms with van der Waals surface area (Å²) < 4.78 is 27.1. The Labute approximate surface area is 74.0 Å². The van der Waals surface area contributed by atoms with E-state index in [0.29, 0.717) is 0 Å². The monoisotopic (exact) mass is 230 g/mol. The zero-order valence-electron chi connectivity index (χ0n) is 5.98. The summed E-state index contributed by atoms with van der Waals surface area (Å²) in [5.41, 5.74) is 0. The molecule has 0 radical (unpaired) electrons. The topological polar surface area (TPSA) is 136 Å². The highest BCUT2D eigenvalue weighted by molar-refractivity contribution is 7.31. The standard InChI is InChI=1S/C3H4O8P2/c4-1-2(10-12(6)7)3(5)11-13(8)9/h2,4H,1H2. The van der Waals surface area contributed by atoms with E-state index in [4.69, 9.17) is 5.11 Å². The van der Waals surface area contributed by atoms with E-state index in [-0.39, 0.29) is 0 Å². The Morgan fingerprint density at radius 3 is 2.23 bits per heavy atom. The maximum atomic E-state index is 10.6. The van der Waals surface area contributed by atoms with Crippen LogP contribution in [0.25, 0.3) is 0 Å². The number of aliphatic hydroxyl groups is 1. The highest BCUT2D eigenvalue weighted by Crippen LogP contribution is 2.17. The molecule has 0 heterocycles. The van der Waals surface area contributed by atoms with Gasteiger partial charge in [-0.2, -0.15) is 0 Å². The van der Waals surface area contributed by atoms with E-state index in [1.165, 1.54) is 0 Å². The van der Waals surface area contributed by atoms with E-state index >= 15 is 0 Å². The molecule has 13 heavy (non-hydrogen) atoms. The smallest absolute Gasteiger partial charge is 0.542 e. The Hall–Kier alpha value is -0.490. The van der Waals surface area contributed by atoms with Gasteiger partial charge >= 0.3 is 22.5 Å². The second kappa shape index (κ2) is 6.04. The molecule has 0 aromatic heterocycles. The maximum absolute atomic E-state index is 10.6. The summed E-state index contributed by atoms with van der Waals surface area (Å²) in [4.78, 5) is 30.3. The van der Waals surface area contributed by atoms with Crippen molar-refractivity contribution >= 4 is 22.5 Å². The SMILES string of the molecule is O=C(O[P+](=O)[O-])C(CO)O[P+](=O)[O-]. The summed E-state index contributed by atoms with van der Waals surface area (Å²) in [6.45, 7) is -0.995. The second-order valence-electron chi connectivity index (χ2n) is 1.63. The van der Waals surface area contributed by atoms with Crippen LogP contribution < -0.4 is 9.79 Å². The van der Waals surface area contributed by atoms with Gasteiger partial charge in [0.25, 0.3) is 0 Å². The fourth-order valence-electron chi connectivity index (χ4n) is 0.387. The molecule has 0 aliphatic heterocycles. The van der Waals surface area contributed by atoms with Gasteiger partial charge in [0.2, 0.25) is 6.10 Å². The van der Waals surface area contributed by atoms with Crippen LogP contribution in [-0.2, 0) is 23.0 Å². The van der Waals surface area contributed by atoms with Gasteiger partial charge in [-0.3, -0.25) is 0 Å². The molecular formula is C3H4O8P2. The minimum Gasteiger partial charge on any atom is -0.566 e.